The highest BCUT2D eigenvalue weighted by Gasteiger charge is 2.38. The number of benzene rings is 2. The van der Waals surface area contributed by atoms with Crippen LogP contribution in [0.1, 0.15) is 22.9 Å². The van der Waals surface area contributed by atoms with E-state index in [-0.39, 0.29) is 4.90 Å². The Bertz CT molecular complexity index is 1350. The van der Waals surface area contributed by atoms with Crippen molar-refractivity contribution in [3.05, 3.63) is 88.6 Å². The van der Waals surface area contributed by atoms with E-state index in [0.29, 0.717) is 17.6 Å². The maximum atomic E-state index is 13.4. The molecular formula is C21H15FN4O2S2. The number of rotatable bonds is 4. The van der Waals surface area contributed by atoms with Gasteiger partial charge in [0.2, 0.25) is 0 Å². The number of hydrogen-bond donors (Lipinski definition) is 0. The van der Waals surface area contributed by atoms with Crippen molar-refractivity contribution >= 4 is 38.1 Å². The molecule has 4 aromatic rings. The van der Waals surface area contributed by atoms with E-state index in [4.69, 9.17) is 0 Å². The number of hydrogen-bond acceptors (Lipinski definition) is 6. The fourth-order valence-electron chi connectivity index (χ4n) is 3.45. The molecule has 0 bridgehead atoms. The number of hydrazone groups is 1. The van der Waals surface area contributed by atoms with Crippen LogP contribution in [0.15, 0.2) is 82.4 Å². The fraction of sp³-hybridized carbons (Fsp3) is 0.0952. The molecular weight excluding hydrogens is 423 g/mol. The molecule has 0 N–H and O–H groups in total. The Balaban J connectivity index is 1.62. The summed E-state index contributed by atoms with van der Waals surface area (Å²) in [5.41, 5.74) is 2.87. The van der Waals surface area contributed by atoms with Crippen LogP contribution in [-0.4, -0.2) is 28.5 Å². The van der Waals surface area contributed by atoms with E-state index >= 15 is 0 Å². The Morgan fingerprint density at radius 3 is 2.50 bits per heavy atom. The predicted molar refractivity (Wildman–Crippen MR) is 113 cm³/mol. The van der Waals surface area contributed by atoms with Gasteiger partial charge >= 0.3 is 0 Å². The molecule has 0 unspecified atom stereocenters. The predicted octanol–water partition coefficient (Wildman–Crippen LogP) is 4.37. The minimum absolute atomic E-state index is 0.00865. The molecule has 0 spiro atoms. The van der Waals surface area contributed by atoms with Crippen molar-refractivity contribution in [2.75, 3.05) is 0 Å². The lowest BCUT2D eigenvalue weighted by Crippen LogP contribution is -2.27. The molecule has 0 fully saturated rings. The first-order valence-electron chi connectivity index (χ1n) is 9.14. The zero-order valence-electron chi connectivity index (χ0n) is 15.5. The van der Waals surface area contributed by atoms with Gasteiger partial charge in [-0.15, -0.1) is 11.3 Å². The quantitative estimate of drug-likeness (QED) is 0.474. The molecule has 6 nitrogen and oxygen atoms in total. The molecule has 3 heterocycles. The zero-order chi connectivity index (χ0) is 20.7. The van der Waals surface area contributed by atoms with Gasteiger partial charge in [0.05, 0.1) is 32.6 Å². The summed E-state index contributed by atoms with van der Waals surface area (Å²) in [5.74, 6) is -0.497. The van der Waals surface area contributed by atoms with Gasteiger partial charge in [0, 0.05) is 18.8 Å². The molecule has 1 atom stereocenters. The van der Waals surface area contributed by atoms with E-state index in [0.717, 1.165) is 32.5 Å². The second-order valence-corrected chi connectivity index (χ2v) is 9.52. The average Bonchev–Trinajstić information content (AvgIpc) is 3.44. The standard InChI is InChI=1S/C21H15FN4O2S2/c22-15-4-6-16(7-5-15)30(27,28)26-20(13-19(25-26)21-2-1-11-29-21)14-3-8-17-18(12-14)24-10-9-23-17/h1-12,20H,13H2/t20-/m0/s1. The van der Waals surface area contributed by atoms with Gasteiger partial charge in [0.25, 0.3) is 10.0 Å². The molecule has 0 aliphatic carbocycles. The van der Waals surface area contributed by atoms with E-state index in [1.807, 2.05) is 35.7 Å². The molecule has 30 heavy (non-hydrogen) atoms. The highest BCUT2D eigenvalue weighted by molar-refractivity contribution is 7.89. The van der Waals surface area contributed by atoms with Crippen molar-refractivity contribution in [1.82, 2.24) is 14.4 Å². The van der Waals surface area contributed by atoms with Crippen molar-refractivity contribution in [3.63, 3.8) is 0 Å². The van der Waals surface area contributed by atoms with Gasteiger partial charge in [-0.2, -0.15) is 17.9 Å². The summed E-state index contributed by atoms with van der Waals surface area (Å²) >= 11 is 1.51. The van der Waals surface area contributed by atoms with Crippen LogP contribution in [0.5, 0.6) is 0 Å². The number of fused-ring (bicyclic) bond motifs is 1. The third-order valence-corrected chi connectivity index (χ3v) is 7.53. The number of aromatic nitrogens is 2. The van der Waals surface area contributed by atoms with Crippen LogP contribution in [0.2, 0.25) is 0 Å². The van der Waals surface area contributed by atoms with Gasteiger partial charge < -0.3 is 0 Å². The number of sulfonamides is 1. The first-order chi connectivity index (χ1) is 14.5. The summed E-state index contributed by atoms with van der Waals surface area (Å²) in [6, 6.07) is 13.6. The van der Waals surface area contributed by atoms with E-state index in [1.165, 1.54) is 23.5 Å². The van der Waals surface area contributed by atoms with Gasteiger partial charge in [-0.05, 0) is 53.4 Å². The molecule has 1 aliphatic rings. The monoisotopic (exact) mass is 438 g/mol. The summed E-state index contributed by atoms with van der Waals surface area (Å²) < 4.78 is 41.2. The molecule has 0 saturated carbocycles. The van der Waals surface area contributed by atoms with Gasteiger partial charge in [-0.25, -0.2) is 4.39 Å². The normalized spacial score (nSPS) is 16.8. The van der Waals surface area contributed by atoms with E-state index in [2.05, 4.69) is 15.1 Å². The highest BCUT2D eigenvalue weighted by atomic mass is 32.2. The Morgan fingerprint density at radius 2 is 1.77 bits per heavy atom. The lowest BCUT2D eigenvalue weighted by molar-refractivity contribution is 0.371. The topological polar surface area (TPSA) is 75.5 Å². The van der Waals surface area contributed by atoms with Gasteiger partial charge in [0.15, 0.2) is 0 Å². The lowest BCUT2D eigenvalue weighted by atomic mass is 10.0. The van der Waals surface area contributed by atoms with Crippen LogP contribution >= 0.6 is 11.3 Å². The molecule has 1 aliphatic heterocycles. The third kappa shape index (κ3) is 3.25. The molecule has 2 aromatic heterocycles. The molecule has 0 radical (unpaired) electrons. The fourth-order valence-corrected chi connectivity index (χ4v) is 5.61. The van der Waals surface area contributed by atoms with Crippen LogP contribution in [0.4, 0.5) is 4.39 Å². The Hall–Kier alpha value is -3.17. The Labute approximate surface area is 176 Å². The van der Waals surface area contributed by atoms with Crippen LogP contribution < -0.4 is 0 Å². The molecule has 0 amide bonds. The minimum atomic E-state index is -3.98. The van der Waals surface area contributed by atoms with Gasteiger partial charge in [-0.1, -0.05) is 12.1 Å². The lowest BCUT2D eigenvalue weighted by Gasteiger charge is -2.23. The van der Waals surface area contributed by atoms with Gasteiger partial charge in [0.1, 0.15) is 5.82 Å². The van der Waals surface area contributed by atoms with Crippen LogP contribution in [0, 0.1) is 5.82 Å². The highest BCUT2D eigenvalue weighted by Crippen LogP contribution is 2.38. The van der Waals surface area contributed by atoms with Crippen molar-refractivity contribution in [1.29, 1.82) is 0 Å². The SMILES string of the molecule is O=S(=O)(c1ccc(F)cc1)N1N=C(c2cccs2)C[C@H]1c1ccc2nccnc2c1. The first kappa shape index (κ1) is 18.8. The number of nitrogens with zero attached hydrogens (tertiary/aromatic N) is 4. The summed E-state index contributed by atoms with van der Waals surface area (Å²) in [5, 5.41) is 6.41. The average molecular weight is 439 g/mol. The largest absolute Gasteiger partial charge is 0.279 e. The van der Waals surface area contributed by atoms with E-state index in [9.17, 15) is 12.8 Å². The maximum absolute atomic E-state index is 13.4. The zero-order valence-corrected chi connectivity index (χ0v) is 17.1. The molecule has 0 saturated heterocycles. The van der Waals surface area contributed by atoms with E-state index < -0.39 is 21.9 Å². The summed E-state index contributed by atoms with van der Waals surface area (Å²) in [4.78, 5) is 9.51. The first-order valence-corrected chi connectivity index (χ1v) is 11.5. The van der Waals surface area contributed by atoms with Crippen LogP contribution in [0.3, 0.4) is 0 Å². The number of thiophene rings is 1. The van der Waals surface area contributed by atoms with Crippen molar-refractivity contribution in [2.24, 2.45) is 5.10 Å². The van der Waals surface area contributed by atoms with Crippen molar-refractivity contribution in [3.8, 4) is 0 Å². The van der Waals surface area contributed by atoms with Crippen LogP contribution in [-0.2, 0) is 10.0 Å². The second kappa shape index (κ2) is 7.26. The Kier molecular flexibility index (Phi) is 4.56. The summed E-state index contributed by atoms with van der Waals surface area (Å²) in [6.45, 7) is 0. The Morgan fingerprint density at radius 1 is 1.00 bits per heavy atom. The minimum Gasteiger partial charge on any atom is -0.253 e. The summed E-state index contributed by atoms with van der Waals surface area (Å²) in [6.07, 6.45) is 3.63. The van der Waals surface area contributed by atoms with E-state index in [1.54, 1.807) is 12.4 Å². The second-order valence-electron chi connectivity index (χ2n) is 6.78. The van der Waals surface area contributed by atoms with Crippen molar-refractivity contribution < 1.29 is 12.8 Å². The maximum Gasteiger partial charge on any atom is 0.279 e. The number of halogens is 1. The summed E-state index contributed by atoms with van der Waals surface area (Å²) in [7, 11) is -3.98. The molecule has 5 rings (SSSR count). The molecule has 9 heteroatoms. The van der Waals surface area contributed by atoms with Crippen molar-refractivity contribution in [2.45, 2.75) is 17.4 Å². The molecule has 150 valence electrons. The van der Waals surface area contributed by atoms with Crippen LogP contribution in [0.25, 0.3) is 11.0 Å². The molecule has 2 aromatic carbocycles. The third-order valence-electron chi connectivity index (χ3n) is 4.91. The smallest absolute Gasteiger partial charge is 0.253 e. The van der Waals surface area contributed by atoms with Gasteiger partial charge in [-0.3, -0.25) is 9.97 Å².